The van der Waals surface area contributed by atoms with Crippen molar-refractivity contribution in [2.45, 2.75) is 18.4 Å². The summed E-state index contributed by atoms with van der Waals surface area (Å²) < 4.78 is 77.6. The van der Waals surface area contributed by atoms with Gasteiger partial charge in [-0.3, -0.25) is 0 Å². The lowest BCUT2D eigenvalue weighted by Gasteiger charge is -2.19. The highest BCUT2D eigenvalue weighted by atomic mass is 19.4. The minimum Gasteiger partial charge on any atom is -0.394 e. The summed E-state index contributed by atoms with van der Waals surface area (Å²) in [7, 11) is 0. The van der Waals surface area contributed by atoms with Gasteiger partial charge in [-0.15, -0.1) is 0 Å². The highest BCUT2D eigenvalue weighted by Crippen LogP contribution is 2.34. The second-order valence-corrected chi connectivity index (χ2v) is 5.72. The van der Waals surface area contributed by atoms with Crippen LogP contribution in [0.4, 0.5) is 26.3 Å². The second-order valence-electron chi connectivity index (χ2n) is 5.72. The van der Waals surface area contributed by atoms with Crippen LogP contribution in [0.5, 0.6) is 0 Å². The summed E-state index contributed by atoms with van der Waals surface area (Å²) >= 11 is 0. The van der Waals surface area contributed by atoms with Gasteiger partial charge in [0.2, 0.25) is 0 Å². The van der Waals surface area contributed by atoms with Gasteiger partial charge in [0.15, 0.2) is 0 Å². The molecule has 1 heterocycles. The number of alkyl halides is 6. The number of hydrogen-bond donors (Lipinski definition) is 3. The first kappa shape index (κ1) is 21.1. The fourth-order valence-corrected chi connectivity index (χ4v) is 2.42. The van der Waals surface area contributed by atoms with Crippen molar-refractivity contribution in [3.8, 4) is 11.3 Å². The van der Waals surface area contributed by atoms with Gasteiger partial charge in [0.25, 0.3) is 0 Å². The Morgan fingerprint density at radius 1 is 1.00 bits per heavy atom. The maximum Gasteiger partial charge on any atom is 0.433 e. The van der Waals surface area contributed by atoms with Gasteiger partial charge < -0.3 is 16.2 Å². The van der Waals surface area contributed by atoms with Crippen LogP contribution in [-0.2, 0) is 12.4 Å². The van der Waals surface area contributed by atoms with Crippen LogP contribution in [0.25, 0.3) is 11.3 Å². The lowest BCUT2D eigenvalue weighted by atomic mass is 10.0. The topological polar surface area (TPSA) is 71.2 Å². The van der Waals surface area contributed by atoms with E-state index >= 15 is 0 Å². The van der Waals surface area contributed by atoms with E-state index in [0.717, 1.165) is 30.3 Å². The van der Waals surface area contributed by atoms with E-state index < -0.39 is 36.3 Å². The van der Waals surface area contributed by atoms with Gasteiger partial charge in [-0.05, 0) is 29.8 Å². The fourth-order valence-electron chi connectivity index (χ4n) is 2.42. The van der Waals surface area contributed by atoms with Gasteiger partial charge in [-0.1, -0.05) is 12.1 Å². The number of nitrogens with two attached hydrogens (primary N) is 1. The number of rotatable bonds is 6. The monoisotopic (exact) mass is 393 g/mol. The fraction of sp³-hybridized carbons (Fsp3) is 0.353. The van der Waals surface area contributed by atoms with Gasteiger partial charge in [-0.2, -0.15) is 26.3 Å². The smallest absolute Gasteiger partial charge is 0.394 e. The summed E-state index contributed by atoms with van der Waals surface area (Å²) in [6.07, 6.45) is -9.32. The number of aromatic nitrogens is 1. The molecule has 1 aromatic heterocycles. The molecule has 0 saturated carbocycles. The van der Waals surface area contributed by atoms with Crippen molar-refractivity contribution in [3.05, 3.63) is 53.2 Å². The van der Waals surface area contributed by atoms with E-state index in [0.29, 0.717) is 0 Å². The van der Waals surface area contributed by atoms with Crippen LogP contribution in [0.2, 0.25) is 0 Å². The molecule has 1 atom stereocenters. The molecule has 0 amide bonds. The molecular weight excluding hydrogens is 376 g/mol. The average Bonchev–Trinajstić information content (AvgIpc) is 2.61. The molecular formula is C17H17F6N3O. The van der Waals surface area contributed by atoms with Gasteiger partial charge in [0, 0.05) is 18.7 Å². The van der Waals surface area contributed by atoms with Crippen LogP contribution in [0.3, 0.4) is 0 Å². The highest BCUT2D eigenvalue weighted by Gasteiger charge is 2.34. The molecule has 0 radical (unpaired) electrons. The number of aliphatic hydroxyl groups is 1. The highest BCUT2D eigenvalue weighted by molar-refractivity contribution is 5.61. The van der Waals surface area contributed by atoms with Crippen molar-refractivity contribution in [1.82, 2.24) is 10.3 Å². The molecule has 27 heavy (non-hydrogen) atoms. The van der Waals surface area contributed by atoms with Gasteiger partial charge in [0.05, 0.1) is 23.9 Å². The van der Waals surface area contributed by atoms with Crippen LogP contribution in [-0.4, -0.2) is 29.8 Å². The molecule has 0 aliphatic heterocycles. The Labute approximate surface area is 151 Å². The van der Waals surface area contributed by atoms with Crippen molar-refractivity contribution in [1.29, 1.82) is 0 Å². The summed E-state index contributed by atoms with van der Waals surface area (Å²) in [5, 5.41) is 12.3. The lowest BCUT2D eigenvalue weighted by molar-refractivity contribution is -0.141. The number of hydrogen-bond acceptors (Lipinski definition) is 4. The van der Waals surface area contributed by atoms with Crippen LogP contribution in [0.1, 0.15) is 22.9 Å². The van der Waals surface area contributed by atoms with Crippen molar-refractivity contribution in [2.24, 2.45) is 5.73 Å². The summed E-state index contributed by atoms with van der Waals surface area (Å²) in [6.45, 7) is -0.0300. The third-order valence-electron chi connectivity index (χ3n) is 3.77. The molecule has 2 aromatic rings. The van der Waals surface area contributed by atoms with Gasteiger partial charge in [-0.25, -0.2) is 4.98 Å². The summed E-state index contributed by atoms with van der Waals surface area (Å²) in [6, 6.07) is 4.90. The number of aliphatic hydroxyl groups excluding tert-OH is 1. The van der Waals surface area contributed by atoms with Crippen LogP contribution in [0, 0.1) is 0 Å². The Kier molecular flexibility index (Phi) is 6.45. The van der Waals surface area contributed by atoms with E-state index in [1.165, 1.54) is 6.07 Å². The molecule has 0 unspecified atom stereocenters. The molecule has 0 spiro atoms. The van der Waals surface area contributed by atoms with E-state index in [-0.39, 0.29) is 29.9 Å². The predicted molar refractivity (Wildman–Crippen MR) is 86.6 cm³/mol. The SMILES string of the molecule is NCCN[C@@H](CO)c1cc(-c2ccc(C(F)(F)F)cc2)nc(C(F)(F)F)c1. The normalized spacial score (nSPS) is 13.6. The Morgan fingerprint density at radius 2 is 1.63 bits per heavy atom. The quantitative estimate of drug-likeness (QED) is 0.659. The number of halogens is 6. The van der Waals surface area contributed by atoms with Gasteiger partial charge >= 0.3 is 12.4 Å². The summed E-state index contributed by atoms with van der Waals surface area (Å²) in [5.74, 6) is 0. The zero-order valence-electron chi connectivity index (χ0n) is 13.9. The number of benzene rings is 1. The van der Waals surface area contributed by atoms with E-state index in [4.69, 9.17) is 5.73 Å². The van der Waals surface area contributed by atoms with Crippen molar-refractivity contribution >= 4 is 0 Å². The Bertz CT molecular complexity index is 759. The van der Waals surface area contributed by atoms with Crippen molar-refractivity contribution in [3.63, 3.8) is 0 Å². The van der Waals surface area contributed by atoms with E-state index in [1.807, 2.05) is 0 Å². The minimum absolute atomic E-state index is 0.0888. The third-order valence-corrected chi connectivity index (χ3v) is 3.77. The Balaban J connectivity index is 2.50. The molecule has 0 aliphatic carbocycles. The first-order chi connectivity index (χ1) is 12.6. The maximum absolute atomic E-state index is 13.2. The van der Waals surface area contributed by atoms with Gasteiger partial charge in [0.1, 0.15) is 5.69 Å². The molecule has 0 saturated heterocycles. The average molecular weight is 393 g/mol. The Hall–Kier alpha value is -2.17. The zero-order valence-corrected chi connectivity index (χ0v) is 13.9. The molecule has 1 aromatic carbocycles. The number of nitrogens with one attached hydrogen (secondary N) is 1. The number of pyridine rings is 1. The molecule has 2 rings (SSSR count). The van der Waals surface area contributed by atoms with Crippen molar-refractivity contribution in [2.75, 3.05) is 19.7 Å². The second kappa shape index (κ2) is 8.24. The first-order valence-electron chi connectivity index (χ1n) is 7.87. The molecule has 4 nitrogen and oxygen atoms in total. The third kappa shape index (κ3) is 5.41. The summed E-state index contributed by atoms with van der Waals surface area (Å²) in [5.41, 5.74) is 3.26. The van der Waals surface area contributed by atoms with E-state index in [2.05, 4.69) is 10.3 Å². The minimum atomic E-state index is -4.76. The van der Waals surface area contributed by atoms with E-state index in [9.17, 15) is 31.4 Å². The maximum atomic E-state index is 13.2. The zero-order chi connectivity index (χ0) is 20.2. The first-order valence-corrected chi connectivity index (χ1v) is 7.87. The molecule has 148 valence electrons. The standard InChI is InChI=1S/C17H17F6N3O/c18-16(19,20)12-3-1-10(2-4-12)13-7-11(14(9-27)25-6-5-24)8-15(26-13)17(21,22)23/h1-4,7-8,14,25,27H,5-6,9,24H2/t14-/m0/s1. The molecule has 0 fully saturated rings. The number of nitrogens with zero attached hydrogens (tertiary/aromatic N) is 1. The van der Waals surface area contributed by atoms with Crippen LogP contribution < -0.4 is 11.1 Å². The Morgan fingerprint density at radius 3 is 2.11 bits per heavy atom. The van der Waals surface area contributed by atoms with E-state index in [1.54, 1.807) is 0 Å². The molecule has 4 N–H and O–H groups in total. The lowest BCUT2D eigenvalue weighted by Crippen LogP contribution is -2.29. The summed E-state index contributed by atoms with van der Waals surface area (Å²) in [4.78, 5) is 3.52. The van der Waals surface area contributed by atoms with Crippen molar-refractivity contribution < 1.29 is 31.4 Å². The predicted octanol–water partition coefficient (Wildman–Crippen LogP) is 3.37. The molecule has 0 aliphatic rings. The molecule has 0 bridgehead atoms. The van der Waals surface area contributed by atoms with Crippen LogP contribution >= 0.6 is 0 Å². The largest absolute Gasteiger partial charge is 0.433 e. The molecule has 10 heteroatoms. The van der Waals surface area contributed by atoms with Crippen LogP contribution in [0.15, 0.2) is 36.4 Å².